The molecular formula is C33H26N2O6. The number of hydrogen-bond acceptors (Lipinski definition) is 6. The van der Waals surface area contributed by atoms with Gasteiger partial charge in [0, 0.05) is 23.5 Å². The quantitative estimate of drug-likeness (QED) is 0.176. The van der Waals surface area contributed by atoms with Gasteiger partial charge < -0.3 is 24.5 Å². The summed E-state index contributed by atoms with van der Waals surface area (Å²) in [6.45, 7) is 0. The summed E-state index contributed by atoms with van der Waals surface area (Å²) in [6.07, 6.45) is 6.18. The lowest BCUT2D eigenvalue weighted by Gasteiger charge is -2.07. The number of nitrogens with one attached hydrogen (secondary N) is 2. The van der Waals surface area contributed by atoms with Gasteiger partial charge in [-0.05, 0) is 83.9 Å². The third kappa shape index (κ3) is 6.51. The van der Waals surface area contributed by atoms with Crippen LogP contribution in [-0.2, 0) is 9.59 Å². The molecule has 0 atom stereocenters. The highest BCUT2D eigenvalue weighted by molar-refractivity contribution is 6.04. The van der Waals surface area contributed by atoms with Crippen LogP contribution in [0.4, 0.5) is 11.4 Å². The average molecular weight is 547 g/mol. The van der Waals surface area contributed by atoms with Crippen molar-refractivity contribution in [1.82, 2.24) is 0 Å². The van der Waals surface area contributed by atoms with Crippen LogP contribution < -0.4 is 25.5 Å². The van der Waals surface area contributed by atoms with Crippen molar-refractivity contribution in [2.75, 3.05) is 24.9 Å². The molecule has 2 N–H and O–H groups in total. The first kappa shape index (κ1) is 27.0. The van der Waals surface area contributed by atoms with Gasteiger partial charge in [0.25, 0.3) is 0 Å². The maximum absolute atomic E-state index is 13.4. The summed E-state index contributed by atoms with van der Waals surface area (Å²) >= 11 is 0. The number of fused-ring (bicyclic) bond motifs is 2. The Morgan fingerprint density at radius 1 is 0.634 bits per heavy atom. The van der Waals surface area contributed by atoms with Crippen LogP contribution >= 0.6 is 0 Å². The maximum Gasteiger partial charge on any atom is 0.248 e. The van der Waals surface area contributed by atoms with Gasteiger partial charge in [0.05, 0.1) is 25.0 Å². The zero-order chi connectivity index (χ0) is 28.8. The zero-order valence-electron chi connectivity index (χ0n) is 22.3. The highest BCUT2D eigenvalue weighted by atomic mass is 16.5. The molecule has 1 heterocycles. The van der Waals surface area contributed by atoms with Crippen LogP contribution in [0, 0.1) is 0 Å². The molecule has 0 fully saturated rings. The van der Waals surface area contributed by atoms with Gasteiger partial charge in [-0.1, -0.05) is 24.3 Å². The van der Waals surface area contributed by atoms with E-state index in [1.54, 1.807) is 87.0 Å². The lowest BCUT2D eigenvalue weighted by atomic mass is 10.1. The molecule has 0 saturated carbocycles. The summed E-state index contributed by atoms with van der Waals surface area (Å²) < 4.78 is 16.2. The second kappa shape index (κ2) is 12.0. The SMILES string of the molecule is COc1ccc(/C=C/C(=O)Nc2ccc3oc4ccc(NC(=O)/C=C/c5ccc(OC)cc5)cc4c(=O)c3c2)cc1. The molecule has 0 spiro atoms. The zero-order valence-corrected chi connectivity index (χ0v) is 22.3. The third-order valence-electron chi connectivity index (χ3n) is 6.29. The monoisotopic (exact) mass is 546 g/mol. The molecule has 0 saturated heterocycles. The van der Waals surface area contributed by atoms with Crippen molar-refractivity contribution in [3.63, 3.8) is 0 Å². The van der Waals surface area contributed by atoms with Crippen molar-refractivity contribution in [3.05, 3.63) is 118 Å². The number of hydrogen-bond donors (Lipinski definition) is 2. The third-order valence-corrected chi connectivity index (χ3v) is 6.29. The van der Waals surface area contributed by atoms with E-state index in [9.17, 15) is 14.4 Å². The molecule has 8 heteroatoms. The van der Waals surface area contributed by atoms with Crippen molar-refractivity contribution >= 4 is 57.3 Å². The topological polar surface area (TPSA) is 107 Å². The molecule has 5 rings (SSSR count). The van der Waals surface area contributed by atoms with E-state index >= 15 is 0 Å². The molecule has 0 aliphatic heterocycles. The fourth-order valence-electron chi connectivity index (χ4n) is 4.15. The Bertz CT molecular complexity index is 1720. The number of amides is 2. The first-order valence-electron chi connectivity index (χ1n) is 12.7. The number of carbonyl (C=O) groups is 2. The van der Waals surface area contributed by atoms with Crippen LogP contribution in [0.2, 0.25) is 0 Å². The minimum Gasteiger partial charge on any atom is -0.497 e. The van der Waals surface area contributed by atoms with Gasteiger partial charge in [-0.25, -0.2) is 0 Å². The van der Waals surface area contributed by atoms with Crippen molar-refractivity contribution in [2.24, 2.45) is 0 Å². The van der Waals surface area contributed by atoms with Crippen molar-refractivity contribution in [3.8, 4) is 11.5 Å². The molecule has 0 radical (unpaired) electrons. The van der Waals surface area contributed by atoms with E-state index in [2.05, 4.69) is 10.6 Å². The molecule has 1 aromatic heterocycles. The molecule has 0 aliphatic carbocycles. The maximum atomic E-state index is 13.4. The van der Waals surface area contributed by atoms with E-state index in [4.69, 9.17) is 13.9 Å². The van der Waals surface area contributed by atoms with Crippen LogP contribution in [0.25, 0.3) is 34.1 Å². The van der Waals surface area contributed by atoms with E-state index in [0.29, 0.717) is 33.3 Å². The Balaban J connectivity index is 1.32. The normalized spacial score (nSPS) is 11.3. The molecule has 8 nitrogen and oxygen atoms in total. The van der Waals surface area contributed by atoms with Crippen molar-refractivity contribution in [2.45, 2.75) is 0 Å². The van der Waals surface area contributed by atoms with Crippen LogP contribution in [-0.4, -0.2) is 26.0 Å². The van der Waals surface area contributed by atoms with Gasteiger partial charge in [0.15, 0.2) is 0 Å². The lowest BCUT2D eigenvalue weighted by molar-refractivity contribution is -0.112. The Hall–Kier alpha value is -5.63. The largest absolute Gasteiger partial charge is 0.497 e. The molecule has 4 aromatic carbocycles. The van der Waals surface area contributed by atoms with Crippen LogP contribution in [0.15, 0.2) is 106 Å². The number of anilines is 2. The smallest absolute Gasteiger partial charge is 0.248 e. The molecule has 2 amide bonds. The number of carbonyl (C=O) groups excluding carboxylic acids is 2. The highest BCUT2D eigenvalue weighted by Gasteiger charge is 2.11. The summed E-state index contributed by atoms with van der Waals surface area (Å²) in [5.74, 6) is 0.756. The van der Waals surface area contributed by atoms with E-state index < -0.39 is 0 Å². The van der Waals surface area contributed by atoms with Gasteiger partial charge in [-0.2, -0.15) is 0 Å². The molecule has 41 heavy (non-hydrogen) atoms. The Morgan fingerprint density at radius 2 is 1.05 bits per heavy atom. The predicted molar refractivity (Wildman–Crippen MR) is 161 cm³/mol. The minimum atomic E-state index is -0.349. The summed E-state index contributed by atoms with van der Waals surface area (Å²) in [5, 5.41) is 6.15. The second-order valence-electron chi connectivity index (χ2n) is 9.04. The van der Waals surface area contributed by atoms with E-state index in [0.717, 1.165) is 22.6 Å². The Kier molecular flexibility index (Phi) is 7.92. The van der Waals surface area contributed by atoms with Gasteiger partial charge >= 0.3 is 0 Å². The van der Waals surface area contributed by atoms with Gasteiger partial charge in [0.1, 0.15) is 22.7 Å². The molecule has 5 aromatic rings. The van der Waals surface area contributed by atoms with Crippen molar-refractivity contribution in [1.29, 1.82) is 0 Å². The van der Waals surface area contributed by atoms with E-state index in [1.165, 1.54) is 12.2 Å². The molecule has 204 valence electrons. The fraction of sp³-hybridized carbons (Fsp3) is 0.0606. The first-order chi connectivity index (χ1) is 19.9. The fourth-order valence-corrected chi connectivity index (χ4v) is 4.15. The van der Waals surface area contributed by atoms with Crippen LogP contribution in [0.3, 0.4) is 0 Å². The molecular weight excluding hydrogens is 520 g/mol. The summed E-state index contributed by atoms with van der Waals surface area (Å²) in [4.78, 5) is 38.3. The second-order valence-corrected chi connectivity index (χ2v) is 9.04. The van der Waals surface area contributed by atoms with Crippen molar-refractivity contribution < 1.29 is 23.5 Å². The van der Waals surface area contributed by atoms with E-state index in [1.807, 2.05) is 24.3 Å². The lowest BCUT2D eigenvalue weighted by Crippen LogP contribution is -2.10. The molecule has 0 unspecified atom stereocenters. The van der Waals surface area contributed by atoms with E-state index in [-0.39, 0.29) is 17.2 Å². The van der Waals surface area contributed by atoms with Gasteiger partial charge in [-0.3, -0.25) is 14.4 Å². The van der Waals surface area contributed by atoms with Gasteiger partial charge in [-0.15, -0.1) is 0 Å². The average Bonchev–Trinajstić information content (AvgIpc) is 3.00. The number of ether oxygens (including phenoxy) is 2. The van der Waals surface area contributed by atoms with Gasteiger partial charge in [0.2, 0.25) is 17.2 Å². The number of methoxy groups -OCH3 is 2. The minimum absolute atomic E-state index is 0.281. The number of benzene rings is 4. The van der Waals surface area contributed by atoms with Crippen LogP contribution in [0.5, 0.6) is 11.5 Å². The standard InChI is InChI=1S/C33H26N2O6/c1-39-25-11-3-21(4-12-25)7-17-31(36)34-23-9-15-29-27(19-23)33(38)28-20-24(10-16-30(28)41-29)35-32(37)18-8-22-5-13-26(40-2)14-6-22/h3-20H,1-2H3,(H,34,36)(H,35,37)/b17-7+,18-8+. The summed E-state index contributed by atoms with van der Waals surface area (Å²) in [7, 11) is 3.18. The molecule has 0 bridgehead atoms. The summed E-state index contributed by atoms with van der Waals surface area (Å²) in [5.41, 5.74) is 3.05. The highest BCUT2D eigenvalue weighted by Crippen LogP contribution is 2.24. The predicted octanol–water partition coefficient (Wildman–Crippen LogP) is 6.27. The van der Waals surface area contributed by atoms with Crippen LogP contribution in [0.1, 0.15) is 11.1 Å². The molecule has 0 aliphatic rings. The number of rotatable bonds is 8. The Morgan fingerprint density at radius 3 is 1.44 bits per heavy atom. The Labute approximate surface area is 235 Å². The first-order valence-corrected chi connectivity index (χ1v) is 12.7. The summed E-state index contributed by atoms with van der Waals surface area (Å²) in [6, 6.07) is 24.3.